The first-order valence-electron chi connectivity index (χ1n) is 9.05. The molecule has 4 aromatic rings. The second-order valence-electron chi connectivity index (χ2n) is 6.78. The highest BCUT2D eigenvalue weighted by Gasteiger charge is 2.14. The number of rotatable bonds is 5. The van der Waals surface area contributed by atoms with Gasteiger partial charge in [-0.3, -0.25) is 0 Å². The van der Waals surface area contributed by atoms with Crippen molar-refractivity contribution in [2.75, 3.05) is 0 Å². The molecule has 0 aliphatic rings. The third-order valence-electron chi connectivity index (χ3n) is 4.85. The lowest BCUT2D eigenvalue weighted by molar-refractivity contribution is 0.480. The van der Waals surface area contributed by atoms with Crippen molar-refractivity contribution in [3.8, 4) is 17.6 Å². The van der Waals surface area contributed by atoms with Gasteiger partial charge in [0.15, 0.2) is 0 Å². The highest BCUT2D eigenvalue weighted by Crippen LogP contribution is 2.30. The third-order valence-corrected chi connectivity index (χ3v) is 4.85. The molecule has 1 heterocycles. The number of hydrogen-bond donors (Lipinski definition) is 1. The number of nitrogens with two attached hydrogens (primary N) is 1. The highest BCUT2D eigenvalue weighted by atomic mass is 16.5. The molecule has 1 aromatic heterocycles. The highest BCUT2D eigenvalue weighted by molar-refractivity contribution is 5.83. The summed E-state index contributed by atoms with van der Waals surface area (Å²) < 4.78 is 8.02. The molecule has 1 atom stereocenters. The first kappa shape index (κ1) is 17.8. The van der Waals surface area contributed by atoms with Gasteiger partial charge in [-0.05, 0) is 40.6 Å². The lowest BCUT2D eigenvalue weighted by Crippen LogP contribution is -2.15. The van der Waals surface area contributed by atoms with Gasteiger partial charge in [-0.1, -0.05) is 36.4 Å². The Hall–Kier alpha value is -3.62. The first-order chi connectivity index (χ1) is 13.6. The SMILES string of the molecule is Cn1cncc1CC(N)c1ccc(C#N)c(Oc2ccc3ccccc3c2)c1. The van der Waals surface area contributed by atoms with E-state index in [-0.39, 0.29) is 6.04 Å². The summed E-state index contributed by atoms with van der Waals surface area (Å²) in [5.74, 6) is 1.20. The number of nitriles is 1. The van der Waals surface area contributed by atoms with Gasteiger partial charge >= 0.3 is 0 Å². The van der Waals surface area contributed by atoms with E-state index in [4.69, 9.17) is 10.5 Å². The van der Waals surface area contributed by atoms with Crippen molar-refractivity contribution in [2.45, 2.75) is 12.5 Å². The van der Waals surface area contributed by atoms with Crippen molar-refractivity contribution < 1.29 is 4.74 Å². The lowest BCUT2D eigenvalue weighted by Gasteiger charge is -2.15. The quantitative estimate of drug-likeness (QED) is 0.563. The molecule has 0 spiro atoms. The molecule has 4 rings (SSSR count). The molecule has 0 amide bonds. The predicted molar refractivity (Wildman–Crippen MR) is 109 cm³/mol. The first-order valence-corrected chi connectivity index (χ1v) is 9.05. The van der Waals surface area contributed by atoms with Gasteiger partial charge in [-0.2, -0.15) is 5.26 Å². The minimum atomic E-state index is -0.220. The van der Waals surface area contributed by atoms with E-state index in [1.807, 2.05) is 66.3 Å². The van der Waals surface area contributed by atoms with Gasteiger partial charge in [0, 0.05) is 31.4 Å². The van der Waals surface area contributed by atoms with Gasteiger partial charge in [-0.25, -0.2) is 4.98 Å². The van der Waals surface area contributed by atoms with Crippen LogP contribution in [0.3, 0.4) is 0 Å². The van der Waals surface area contributed by atoms with E-state index in [2.05, 4.69) is 17.1 Å². The molecule has 0 radical (unpaired) electrons. The monoisotopic (exact) mass is 368 g/mol. The number of nitrogens with zero attached hydrogens (tertiary/aromatic N) is 3. The fraction of sp³-hybridized carbons (Fsp3) is 0.130. The Kier molecular flexibility index (Phi) is 4.79. The van der Waals surface area contributed by atoms with Gasteiger partial charge < -0.3 is 15.0 Å². The molecule has 2 N–H and O–H groups in total. The topological polar surface area (TPSA) is 76.9 Å². The number of fused-ring (bicyclic) bond motifs is 1. The largest absolute Gasteiger partial charge is 0.456 e. The maximum atomic E-state index is 9.47. The van der Waals surface area contributed by atoms with Crippen LogP contribution >= 0.6 is 0 Å². The van der Waals surface area contributed by atoms with Crippen molar-refractivity contribution in [1.29, 1.82) is 5.26 Å². The van der Waals surface area contributed by atoms with Crippen molar-refractivity contribution >= 4 is 10.8 Å². The van der Waals surface area contributed by atoms with Gasteiger partial charge in [0.05, 0.1) is 11.9 Å². The number of aromatic nitrogens is 2. The zero-order valence-corrected chi connectivity index (χ0v) is 15.5. The fourth-order valence-electron chi connectivity index (χ4n) is 3.23. The van der Waals surface area contributed by atoms with Crippen LogP contribution in [0.4, 0.5) is 0 Å². The summed E-state index contributed by atoms with van der Waals surface area (Å²) in [7, 11) is 1.95. The Labute approximate surface area is 163 Å². The molecule has 28 heavy (non-hydrogen) atoms. The third kappa shape index (κ3) is 3.59. The molecule has 5 nitrogen and oxygen atoms in total. The molecule has 138 valence electrons. The Bertz CT molecular complexity index is 1170. The van der Waals surface area contributed by atoms with Crippen LogP contribution < -0.4 is 10.5 Å². The van der Waals surface area contributed by atoms with Gasteiger partial charge in [-0.15, -0.1) is 0 Å². The molecule has 3 aromatic carbocycles. The summed E-state index contributed by atoms with van der Waals surface area (Å²) in [5.41, 5.74) is 8.84. The summed E-state index contributed by atoms with van der Waals surface area (Å²) in [6.45, 7) is 0. The summed E-state index contributed by atoms with van der Waals surface area (Å²) in [6, 6.07) is 21.4. The zero-order valence-electron chi connectivity index (χ0n) is 15.5. The van der Waals surface area contributed by atoms with E-state index in [0.717, 1.165) is 22.0 Å². The Morgan fingerprint density at radius 1 is 1.11 bits per heavy atom. The van der Waals surface area contributed by atoms with E-state index in [1.54, 1.807) is 12.4 Å². The molecule has 5 heteroatoms. The van der Waals surface area contributed by atoms with Crippen LogP contribution in [0.25, 0.3) is 10.8 Å². The second kappa shape index (κ2) is 7.55. The molecule has 0 saturated heterocycles. The number of imidazole rings is 1. The van der Waals surface area contributed by atoms with Crippen LogP contribution in [-0.4, -0.2) is 9.55 Å². The minimum Gasteiger partial charge on any atom is -0.456 e. The molecule has 0 aliphatic carbocycles. The number of benzene rings is 3. The van der Waals surface area contributed by atoms with E-state index in [0.29, 0.717) is 23.5 Å². The Morgan fingerprint density at radius 2 is 1.93 bits per heavy atom. The number of aryl methyl sites for hydroxylation is 1. The number of hydrogen-bond acceptors (Lipinski definition) is 4. The predicted octanol–water partition coefficient (Wildman–Crippen LogP) is 4.48. The summed E-state index contributed by atoms with van der Waals surface area (Å²) >= 11 is 0. The van der Waals surface area contributed by atoms with Crippen molar-refractivity contribution in [1.82, 2.24) is 9.55 Å². The lowest BCUT2D eigenvalue weighted by atomic mass is 10.0. The Morgan fingerprint density at radius 3 is 2.68 bits per heavy atom. The fourth-order valence-corrected chi connectivity index (χ4v) is 3.23. The molecular weight excluding hydrogens is 348 g/mol. The smallest absolute Gasteiger partial charge is 0.145 e. The van der Waals surface area contributed by atoms with Crippen LogP contribution in [0, 0.1) is 11.3 Å². The van der Waals surface area contributed by atoms with Gasteiger partial charge in [0.1, 0.15) is 17.6 Å². The van der Waals surface area contributed by atoms with Crippen LogP contribution in [0.5, 0.6) is 11.5 Å². The summed E-state index contributed by atoms with van der Waals surface area (Å²) in [6.07, 6.45) is 4.23. The van der Waals surface area contributed by atoms with E-state index >= 15 is 0 Å². The van der Waals surface area contributed by atoms with Gasteiger partial charge in [0.25, 0.3) is 0 Å². The van der Waals surface area contributed by atoms with Crippen LogP contribution in [-0.2, 0) is 13.5 Å². The van der Waals surface area contributed by atoms with E-state index in [9.17, 15) is 5.26 Å². The molecular formula is C23H20N4O. The van der Waals surface area contributed by atoms with Crippen LogP contribution in [0.1, 0.15) is 22.9 Å². The molecule has 1 unspecified atom stereocenters. The summed E-state index contributed by atoms with van der Waals surface area (Å²) in [5, 5.41) is 11.7. The second-order valence-corrected chi connectivity index (χ2v) is 6.78. The maximum absolute atomic E-state index is 9.47. The molecule has 0 saturated carbocycles. The van der Waals surface area contributed by atoms with Crippen LogP contribution in [0.15, 0.2) is 73.2 Å². The Balaban J connectivity index is 1.62. The number of ether oxygens (including phenoxy) is 1. The van der Waals surface area contributed by atoms with Crippen molar-refractivity contribution in [3.63, 3.8) is 0 Å². The average molecular weight is 368 g/mol. The normalized spacial score (nSPS) is 11.9. The zero-order chi connectivity index (χ0) is 19.5. The standard InChI is InChI=1S/C23H20N4O/c1-27-15-26-14-20(27)12-22(25)18-6-7-19(13-24)23(11-18)28-21-9-8-16-4-2-3-5-17(16)10-21/h2-11,14-15,22H,12,25H2,1H3. The molecule has 0 fully saturated rings. The maximum Gasteiger partial charge on any atom is 0.145 e. The van der Waals surface area contributed by atoms with Crippen LogP contribution in [0.2, 0.25) is 0 Å². The van der Waals surface area contributed by atoms with Crippen molar-refractivity contribution in [3.05, 3.63) is 90.0 Å². The summed E-state index contributed by atoms with van der Waals surface area (Å²) in [4.78, 5) is 4.13. The van der Waals surface area contributed by atoms with E-state index < -0.39 is 0 Å². The molecule has 0 aliphatic heterocycles. The van der Waals surface area contributed by atoms with Crippen molar-refractivity contribution in [2.24, 2.45) is 12.8 Å². The minimum absolute atomic E-state index is 0.220. The van der Waals surface area contributed by atoms with E-state index in [1.165, 1.54) is 0 Å². The van der Waals surface area contributed by atoms with Gasteiger partial charge in [0.2, 0.25) is 0 Å². The molecule has 0 bridgehead atoms. The average Bonchev–Trinajstić information content (AvgIpc) is 3.12.